The van der Waals surface area contributed by atoms with Crippen LogP contribution in [0.25, 0.3) is 6.08 Å². The molecule has 7 nitrogen and oxygen atoms in total. The van der Waals surface area contributed by atoms with Gasteiger partial charge in [0.2, 0.25) is 0 Å². The van der Waals surface area contributed by atoms with Gasteiger partial charge in [-0.15, -0.1) is 6.58 Å². The van der Waals surface area contributed by atoms with Gasteiger partial charge in [0.15, 0.2) is 5.17 Å². The van der Waals surface area contributed by atoms with E-state index in [9.17, 15) is 14.7 Å². The molecule has 2 aromatic carbocycles. The maximum atomic E-state index is 12.9. The summed E-state index contributed by atoms with van der Waals surface area (Å²) in [5.41, 5.74) is 1.93. The number of aromatic hydroxyl groups is 1. The van der Waals surface area contributed by atoms with Gasteiger partial charge in [0.25, 0.3) is 5.91 Å². The summed E-state index contributed by atoms with van der Waals surface area (Å²) in [6, 6.07) is 11.7. The highest BCUT2D eigenvalue weighted by atomic mass is 32.2. The zero-order valence-corrected chi connectivity index (χ0v) is 17.1. The van der Waals surface area contributed by atoms with Gasteiger partial charge in [-0.1, -0.05) is 24.3 Å². The van der Waals surface area contributed by atoms with Crippen molar-refractivity contribution >= 4 is 40.6 Å². The second-order valence-electron chi connectivity index (χ2n) is 6.76. The molecule has 31 heavy (non-hydrogen) atoms. The van der Waals surface area contributed by atoms with Crippen LogP contribution in [0.1, 0.15) is 15.9 Å². The van der Waals surface area contributed by atoms with E-state index in [0.717, 1.165) is 16.9 Å². The summed E-state index contributed by atoms with van der Waals surface area (Å²) in [6.45, 7) is 4.31. The summed E-state index contributed by atoms with van der Waals surface area (Å²) in [6.07, 6.45) is 5.36. The highest BCUT2D eigenvalue weighted by Gasteiger charge is 2.33. The van der Waals surface area contributed by atoms with Crippen LogP contribution in [0.5, 0.6) is 11.5 Å². The standard InChI is InChI=1S/C23H18N2O5S/c1-2-9-25-21(27)20(11-14-10-15-5-3-4-6-19(15)30-13-14)31-23(25)24-16-7-8-17(22(28)29)18(26)12-16/h2-8,10-12,26H,1,9,13H2,(H,28,29)/b20-11-,24-23?. The van der Waals surface area contributed by atoms with Crippen molar-refractivity contribution in [2.45, 2.75) is 0 Å². The number of carbonyl (C=O) groups is 2. The molecule has 0 saturated carbocycles. The Bertz CT molecular complexity index is 1180. The molecule has 0 atom stereocenters. The number of carboxylic acids is 1. The van der Waals surface area contributed by atoms with Crippen molar-refractivity contribution in [3.8, 4) is 11.5 Å². The van der Waals surface area contributed by atoms with Gasteiger partial charge in [-0.2, -0.15) is 0 Å². The third kappa shape index (κ3) is 4.24. The predicted molar refractivity (Wildman–Crippen MR) is 120 cm³/mol. The molecule has 0 aromatic heterocycles. The number of carboxylic acid groups (broad SMARTS) is 1. The molecule has 2 N–H and O–H groups in total. The lowest BCUT2D eigenvalue weighted by Crippen LogP contribution is -2.29. The first-order valence-electron chi connectivity index (χ1n) is 9.36. The summed E-state index contributed by atoms with van der Waals surface area (Å²) in [5, 5.41) is 19.4. The fraction of sp³-hybridized carbons (Fsp3) is 0.0870. The monoisotopic (exact) mass is 434 g/mol. The van der Waals surface area contributed by atoms with Crippen LogP contribution in [0.15, 0.2) is 76.7 Å². The normalized spacial score (nSPS) is 18.0. The molecular weight excluding hydrogens is 416 g/mol. The number of fused-ring (bicyclic) bond motifs is 1. The minimum absolute atomic E-state index is 0.213. The van der Waals surface area contributed by atoms with E-state index in [-0.39, 0.29) is 18.0 Å². The van der Waals surface area contributed by atoms with Gasteiger partial charge in [0.1, 0.15) is 23.7 Å². The van der Waals surface area contributed by atoms with Gasteiger partial charge in [0.05, 0.1) is 10.6 Å². The van der Waals surface area contributed by atoms with Gasteiger partial charge < -0.3 is 14.9 Å². The average Bonchev–Trinajstić information content (AvgIpc) is 3.02. The van der Waals surface area contributed by atoms with Gasteiger partial charge in [-0.05, 0) is 47.7 Å². The number of thioether (sulfide) groups is 1. The molecule has 156 valence electrons. The van der Waals surface area contributed by atoms with Crippen molar-refractivity contribution < 1.29 is 24.5 Å². The number of amidine groups is 1. The molecule has 0 bridgehead atoms. The number of rotatable bonds is 5. The molecule has 1 fully saturated rings. The molecule has 2 aliphatic heterocycles. The maximum Gasteiger partial charge on any atom is 0.339 e. The molecule has 8 heteroatoms. The van der Waals surface area contributed by atoms with Gasteiger partial charge >= 0.3 is 5.97 Å². The van der Waals surface area contributed by atoms with Crippen molar-refractivity contribution in [1.82, 2.24) is 4.90 Å². The third-order valence-electron chi connectivity index (χ3n) is 4.61. The van der Waals surface area contributed by atoms with Crippen molar-refractivity contribution in [2.24, 2.45) is 4.99 Å². The Labute approximate surface area is 182 Å². The van der Waals surface area contributed by atoms with Gasteiger partial charge in [0, 0.05) is 18.2 Å². The first kappa shape index (κ1) is 20.5. The Balaban J connectivity index is 1.65. The highest BCUT2D eigenvalue weighted by molar-refractivity contribution is 8.18. The quantitative estimate of drug-likeness (QED) is 0.541. The molecule has 4 rings (SSSR count). The van der Waals surface area contributed by atoms with Crippen LogP contribution in [0, 0.1) is 0 Å². The van der Waals surface area contributed by atoms with Crippen LogP contribution in [-0.4, -0.2) is 45.3 Å². The fourth-order valence-corrected chi connectivity index (χ4v) is 4.17. The molecule has 2 heterocycles. The van der Waals surface area contributed by atoms with Crippen molar-refractivity contribution in [3.05, 3.63) is 82.8 Å². The molecule has 1 saturated heterocycles. The van der Waals surface area contributed by atoms with Crippen LogP contribution < -0.4 is 4.74 Å². The first-order valence-corrected chi connectivity index (χ1v) is 10.2. The second kappa shape index (κ2) is 8.53. The topological polar surface area (TPSA) is 99.4 Å². The minimum atomic E-state index is -1.23. The summed E-state index contributed by atoms with van der Waals surface area (Å²) in [4.78, 5) is 30.4. The Hall–Kier alpha value is -3.78. The summed E-state index contributed by atoms with van der Waals surface area (Å²) >= 11 is 1.20. The Morgan fingerprint density at radius 1 is 1.29 bits per heavy atom. The number of para-hydroxylation sites is 1. The van der Waals surface area contributed by atoms with E-state index in [1.54, 1.807) is 12.2 Å². The largest absolute Gasteiger partial charge is 0.507 e. The van der Waals surface area contributed by atoms with E-state index in [4.69, 9.17) is 9.84 Å². The number of hydrogen-bond donors (Lipinski definition) is 2. The molecular formula is C23H18N2O5S. The number of aromatic carboxylic acids is 1. The molecule has 2 aromatic rings. The fourth-order valence-electron chi connectivity index (χ4n) is 3.15. The van der Waals surface area contributed by atoms with Crippen LogP contribution in [-0.2, 0) is 4.79 Å². The molecule has 1 amide bonds. The molecule has 0 unspecified atom stereocenters. The van der Waals surface area contributed by atoms with Gasteiger partial charge in [-0.25, -0.2) is 9.79 Å². The lowest BCUT2D eigenvalue weighted by molar-refractivity contribution is -0.121. The second-order valence-corrected chi connectivity index (χ2v) is 7.77. The lowest BCUT2D eigenvalue weighted by atomic mass is 10.1. The maximum absolute atomic E-state index is 12.9. The third-order valence-corrected chi connectivity index (χ3v) is 5.61. The van der Waals surface area contributed by atoms with Crippen molar-refractivity contribution in [2.75, 3.05) is 13.2 Å². The number of nitrogens with zero attached hydrogens (tertiary/aromatic N) is 2. The molecule has 2 aliphatic rings. The number of ether oxygens (including phenoxy) is 1. The SMILES string of the molecule is C=CCN1C(=O)/C(=C/C2=Cc3ccccc3OC2)SC1=Nc1ccc(C(=O)O)c(O)c1. The van der Waals surface area contributed by atoms with Crippen LogP contribution in [0.2, 0.25) is 0 Å². The Morgan fingerprint density at radius 2 is 2.10 bits per heavy atom. The summed E-state index contributed by atoms with van der Waals surface area (Å²) in [5.74, 6) is -1.03. The van der Waals surface area contributed by atoms with Crippen molar-refractivity contribution in [3.63, 3.8) is 0 Å². The van der Waals surface area contributed by atoms with E-state index in [2.05, 4.69) is 11.6 Å². The first-order chi connectivity index (χ1) is 15.0. The summed E-state index contributed by atoms with van der Waals surface area (Å²) in [7, 11) is 0. The van der Waals surface area contributed by atoms with E-state index in [0.29, 0.717) is 22.4 Å². The van der Waals surface area contributed by atoms with Gasteiger partial charge in [-0.3, -0.25) is 9.69 Å². The van der Waals surface area contributed by atoms with Crippen LogP contribution in [0.3, 0.4) is 0 Å². The van der Waals surface area contributed by atoms with Crippen LogP contribution in [0.4, 0.5) is 5.69 Å². The number of hydrogen-bond acceptors (Lipinski definition) is 6. The Kier molecular flexibility index (Phi) is 5.64. The highest BCUT2D eigenvalue weighted by Crippen LogP contribution is 2.36. The molecule has 0 radical (unpaired) electrons. The number of aliphatic imine (C=N–C) groups is 1. The van der Waals surface area contributed by atoms with E-state index in [1.807, 2.05) is 30.3 Å². The number of benzene rings is 2. The smallest absolute Gasteiger partial charge is 0.339 e. The predicted octanol–water partition coefficient (Wildman–Crippen LogP) is 4.20. The lowest BCUT2D eigenvalue weighted by Gasteiger charge is -2.16. The van der Waals surface area contributed by atoms with E-state index < -0.39 is 11.7 Å². The molecule has 0 spiro atoms. The Morgan fingerprint density at radius 3 is 2.84 bits per heavy atom. The zero-order chi connectivity index (χ0) is 22.0. The molecule has 0 aliphatic carbocycles. The van der Waals surface area contributed by atoms with Crippen LogP contribution >= 0.6 is 11.8 Å². The number of amides is 1. The van der Waals surface area contributed by atoms with E-state index in [1.165, 1.54) is 34.9 Å². The average molecular weight is 434 g/mol. The van der Waals surface area contributed by atoms with Crippen molar-refractivity contribution in [1.29, 1.82) is 0 Å². The minimum Gasteiger partial charge on any atom is -0.507 e. The summed E-state index contributed by atoms with van der Waals surface area (Å²) < 4.78 is 5.75. The van der Waals surface area contributed by atoms with E-state index >= 15 is 0 Å². The number of carbonyl (C=O) groups excluding carboxylic acids is 1. The zero-order valence-electron chi connectivity index (χ0n) is 16.3. The number of phenols is 1.